The van der Waals surface area contributed by atoms with E-state index in [1.807, 2.05) is 84.9 Å². The molecule has 0 radical (unpaired) electrons. The van der Waals surface area contributed by atoms with Gasteiger partial charge in [-0.2, -0.15) is 0 Å². The van der Waals surface area contributed by atoms with Crippen molar-refractivity contribution < 1.29 is 24.2 Å². The highest BCUT2D eigenvalue weighted by atomic mass is 16.5. The van der Waals surface area contributed by atoms with Gasteiger partial charge in [0.2, 0.25) is 11.8 Å². The summed E-state index contributed by atoms with van der Waals surface area (Å²) in [6.45, 7) is 7.91. The molecule has 3 aromatic carbocycles. The minimum Gasteiger partial charge on any atom is -0.455 e. The third kappa shape index (κ3) is 8.77. The summed E-state index contributed by atoms with van der Waals surface area (Å²) in [5.74, 6) is -1.96. The molecule has 2 amide bonds. The Morgan fingerprint density at radius 3 is 2.16 bits per heavy atom. The quantitative estimate of drug-likeness (QED) is 0.183. The molecule has 1 aliphatic rings. The second-order valence-corrected chi connectivity index (χ2v) is 11.2. The number of fused-ring (bicyclic) bond motifs is 1. The number of ether oxygens (including phenoxy) is 1. The SMILES string of the molecule is C=CC[C@H](CC(=O)N1Cc2ccccc2C[C@H]1CO)C(=O)NC[C@H](OC(=O)[C@@H](CC=C)Cc1ccccc1)c1ccccc1. The fourth-order valence-electron chi connectivity index (χ4n) is 5.69. The van der Waals surface area contributed by atoms with Gasteiger partial charge in [-0.15, -0.1) is 13.2 Å². The van der Waals surface area contributed by atoms with Crippen LogP contribution in [0.4, 0.5) is 0 Å². The number of hydrogen-bond acceptors (Lipinski definition) is 5. The molecule has 2 N–H and O–H groups in total. The molecule has 0 spiro atoms. The minimum atomic E-state index is -0.715. The van der Waals surface area contributed by atoms with Crippen molar-refractivity contribution in [1.82, 2.24) is 10.2 Å². The Kier molecular flexibility index (Phi) is 12.1. The largest absolute Gasteiger partial charge is 0.455 e. The van der Waals surface area contributed by atoms with E-state index in [-0.39, 0.29) is 43.4 Å². The van der Waals surface area contributed by atoms with Crippen molar-refractivity contribution >= 4 is 17.8 Å². The molecule has 0 unspecified atom stereocenters. The highest BCUT2D eigenvalue weighted by Crippen LogP contribution is 2.26. The molecule has 3 aromatic rings. The van der Waals surface area contributed by atoms with Crippen molar-refractivity contribution in [2.24, 2.45) is 11.8 Å². The third-order valence-corrected chi connectivity index (χ3v) is 8.13. The maximum atomic E-state index is 13.5. The molecule has 0 fully saturated rings. The van der Waals surface area contributed by atoms with Gasteiger partial charge in [0.25, 0.3) is 0 Å². The topological polar surface area (TPSA) is 95.9 Å². The maximum Gasteiger partial charge on any atom is 0.310 e. The van der Waals surface area contributed by atoms with Crippen molar-refractivity contribution in [3.63, 3.8) is 0 Å². The van der Waals surface area contributed by atoms with Crippen molar-refractivity contribution in [2.75, 3.05) is 13.2 Å². The maximum absolute atomic E-state index is 13.5. The normalized spacial score (nSPS) is 16.1. The van der Waals surface area contributed by atoms with Crippen LogP contribution in [0.5, 0.6) is 0 Å². The molecule has 44 heavy (non-hydrogen) atoms. The zero-order chi connectivity index (χ0) is 31.3. The van der Waals surface area contributed by atoms with Crippen LogP contribution in [0.3, 0.4) is 0 Å². The van der Waals surface area contributed by atoms with E-state index >= 15 is 0 Å². The lowest BCUT2D eigenvalue weighted by Crippen LogP contribution is -2.47. The predicted molar refractivity (Wildman–Crippen MR) is 171 cm³/mol. The molecular formula is C37H42N2O5. The number of carbonyl (C=O) groups is 3. The Balaban J connectivity index is 1.43. The van der Waals surface area contributed by atoms with Gasteiger partial charge in [-0.3, -0.25) is 14.4 Å². The van der Waals surface area contributed by atoms with Gasteiger partial charge in [0.15, 0.2) is 0 Å². The molecule has 4 atom stereocenters. The van der Waals surface area contributed by atoms with Crippen LogP contribution in [0.1, 0.15) is 47.6 Å². The van der Waals surface area contributed by atoms with E-state index in [1.54, 1.807) is 17.1 Å². The van der Waals surface area contributed by atoms with E-state index in [2.05, 4.69) is 18.5 Å². The number of nitrogens with zero attached hydrogens (tertiary/aromatic N) is 1. The van der Waals surface area contributed by atoms with Crippen LogP contribution < -0.4 is 5.32 Å². The first-order valence-corrected chi connectivity index (χ1v) is 15.2. The van der Waals surface area contributed by atoms with Gasteiger partial charge in [-0.1, -0.05) is 97.1 Å². The molecule has 4 rings (SSSR count). The van der Waals surface area contributed by atoms with Crippen LogP contribution >= 0.6 is 0 Å². The van der Waals surface area contributed by atoms with Gasteiger partial charge in [-0.25, -0.2) is 0 Å². The van der Waals surface area contributed by atoms with Gasteiger partial charge in [0.1, 0.15) is 6.10 Å². The van der Waals surface area contributed by atoms with Gasteiger partial charge in [-0.05, 0) is 47.9 Å². The molecule has 0 saturated heterocycles. The molecule has 1 heterocycles. The molecule has 230 valence electrons. The minimum absolute atomic E-state index is 0.0230. The monoisotopic (exact) mass is 594 g/mol. The lowest BCUT2D eigenvalue weighted by Gasteiger charge is -2.36. The highest BCUT2D eigenvalue weighted by Gasteiger charge is 2.32. The number of aliphatic hydroxyl groups excluding tert-OH is 1. The smallest absolute Gasteiger partial charge is 0.310 e. The van der Waals surface area contributed by atoms with Crippen LogP contribution in [0, 0.1) is 11.8 Å². The molecule has 1 aliphatic heterocycles. The Bertz CT molecular complexity index is 1410. The summed E-state index contributed by atoms with van der Waals surface area (Å²) >= 11 is 0. The number of nitrogens with one attached hydrogen (secondary N) is 1. The molecule has 7 heteroatoms. The molecule has 7 nitrogen and oxygen atoms in total. The zero-order valence-corrected chi connectivity index (χ0v) is 25.1. The average Bonchev–Trinajstić information content (AvgIpc) is 3.06. The summed E-state index contributed by atoms with van der Waals surface area (Å²) in [6.07, 6.45) is 4.45. The Morgan fingerprint density at radius 2 is 1.50 bits per heavy atom. The first kappa shape index (κ1) is 32.4. The second kappa shape index (κ2) is 16.4. The van der Waals surface area contributed by atoms with Crippen LogP contribution in [0.25, 0.3) is 0 Å². The van der Waals surface area contributed by atoms with E-state index in [4.69, 9.17) is 4.74 Å². The van der Waals surface area contributed by atoms with Crippen LogP contribution in [-0.2, 0) is 38.5 Å². The van der Waals surface area contributed by atoms with Crippen molar-refractivity contribution in [3.8, 4) is 0 Å². The van der Waals surface area contributed by atoms with Crippen LogP contribution in [0.15, 0.2) is 110 Å². The third-order valence-electron chi connectivity index (χ3n) is 8.13. The molecule has 0 aliphatic carbocycles. The average molecular weight is 595 g/mol. The number of benzene rings is 3. The number of esters is 1. The summed E-state index contributed by atoms with van der Waals surface area (Å²) in [6, 6.07) is 26.6. The Morgan fingerprint density at radius 1 is 0.886 bits per heavy atom. The second-order valence-electron chi connectivity index (χ2n) is 11.2. The van der Waals surface area contributed by atoms with Gasteiger partial charge < -0.3 is 20.1 Å². The molecule has 0 aromatic heterocycles. The van der Waals surface area contributed by atoms with E-state index in [0.29, 0.717) is 32.2 Å². The fourth-order valence-corrected chi connectivity index (χ4v) is 5.69. The van der Waals surface area contributed by atoms with Gasteiger partial charge in [0.05, 0.1) is 31.0 Å². The van der Waals surface area contributed by atoms with E-state index in [0.717, 1.165) is 22.3 Å². The number of carbonyl (C=O) groups excluding carboxylic acids is 3. The Labute approximate surface area is 260 Å². The standard InChI is InChI=1S/C37H42N2O5/c1-3-13-30(23-35(41)39-25-32-20-12-11-19-29(32)22-33(39)26-40)36(42)38-24-34(28-17-9-6-10-18-28)44-37(43)31(14-4-2)21-27-15-7-5-8-16-27/h3-12,15-20,30-31,33-34,40H,1-2,13-14,21-26H2,(H,38,42)/t30-,31+,33+,34+/m1/s1. The van der Waals surface area contributed by atoms with E-state index in [1.165, 1.54) is 0 Å². The fraction of sp³-hybridized carbons (Fsp3) is 0.324. The van der Waals surface area contributed by atoms with E-state index < -0.39 is 17.9 Å². The summed E-state index contributed by atoms with van der Waals surface area (Å²) in [5.41, 5.74) is 3.95. The lowest BCUT2D eigenvalue weighted by molar-refractivity contribution is -0.154. The molecular weight excluding hydrogens is 552 g/mol. The first-order valence-electron chi connectivity index (χ1n) is 15.2. The number of amides is 2. The van der Waals surface area contributed by atoms with Crippen LogP contribution in [-0.4, -0.2) is 47.0 Å². The highest BCUT2D eigenvalue weighted by molar-refractivity contribution is 5.86. The summed E-state index contributed by atoms with van der Waals surface area (Å²) in [4.78, 5) is 42.0. The molecule has 0 saturated carbocycles. The molecule has 0 bridgehead atoms. The van der Waals surface area contributed by atoms with Gasteiger partial charge in [0, 0.05) is 13.0 Å². The number of allylic oxidation sites excluding steroid dienone is 2. The zero-order valence-electron chi connectivity index (χ0n) is 25.1. The van der Waals surface area contributed by atoms with Crippen molar-refractivity contribution in [1.29, 1.82) is 0 Å². The van der Waals surface area contributed by atoms with E-state index in [9.17, 15) is 19.5 Å². The summed E-state index contributed by atoms with van der Waals surface area (Å²) in [7, 11) is 0. The number of hydrogen-bond donors (Lipinski definition) is 2. The van der Waals surface area contributed by atoms with Crippen LogP contribution in [0.2, 0.25) is 0 Å². The van der Waals surface area contributed by atoms with Crippen molar-refractivity contribution in [2.45, 2.75) is 50.8 Å². The first-order chi connectivity index (χ1) is 21.4. The lowest BCUT2D eigenvalue weighted by atomic mass is 9.92. The number of rotatable bonds is 15. The Hall–Kier alpha value is -4.49. The van der Waals surface area contributed by atoms with Crippen molar-refractivity contribution in [3.05, 3.63) is 132 Å². The number of aliphatic hydroxyl groups is 1. The van der Waals surface area contributed by atoms with Gasteiger partial charge >= 0.3 is 5.97 Å². The predicted octanol–water partition coefficient (Wildman–Crippen LogP) is 5.35. The summed E-state index contributed by atoms with van der Waals surface area (Å²) in [5, 5.41) is 13.0. The summed E-state index contributed by atoms with van der Waals surface area (Å²) < 4.78 is 6.03.